The van der Waals surface area contributed by atoms with Gasteiger partial charge in [0.05, 0.1) is 25.0 Å². The summed E-state index contributed by atoms with van der Waals surface area (Å²) in [5, 5.41) is 11.3. The quantitative estimate of drug-likeness (QED) is 0.696. The third kappa shape index (κ3) is 4.61. The van der Waals surface area contributed by atoms with Crippen LogP contribution in [0.15, 0.2) is 37.3 Å². The van der Waals surface area contributed by atoms with Gasteiger partial charge in [-0.05, 0) is 6.07 Å². The molecule has 0 saturated carbocycles. The first-order chi connectivity index (χ1) is 13.3. The van der Waals surface area contributed by atoms with Gasteiger partial charge in [0.15, 0.2) is 0 Å². The highest BCUT2D eigenvalue weighted by Crippen LogP contribution is 2.18. The van der Waals surface area contributed by atoms with Gasteiger partial charge in [-0.15, -0.1) is 0 Å². The summed E-state index contributed by atoms with van der Waals surface area (Å²) < 4.78 is 35.8. The molecular weight excluding hydrogens is 381 g/mol. The van der Waals surface area contributed by atoms with Gasteiger partial charge >= 0.3 is 12.1 Å². The first kappa shape index (κ1) is 19.3. The topological polar surface area (TPSA) is 115 Å². The van der Waals surface area contributed by atoms with E-state index >= 15 is 0 Å². The van der Waals surface area contributed by atoms with Crippen molar-refractivity contribution in [2.45, 2.75) is 25.8 Å². The number of imidazole rings is 1. The number of anilines is 1. The van der Waals surface area contributed by atoms with Crippen molar-refractivity contribution in [3.63, 3.8) is 0 Å². The van der Waals surface area contributed by atoms with Crippen molar-refractivity contribution in [1.29, 1.82) is 0 Å². The van der Waals surface area contributed by atoms with Crippen LogP contribution >= 0.6 is 0 Å². The van der Waals surface area contributed by atoms with E-state index < -0.39 is 12.1 Å². The highest BCUT2D eigenvalue weighted by atomic mass is 19.4. The Morgan fingerprint density at radius 1 is 1.18 bits per heavy atom. The number of hydrogen-bond donors (Lipinski definition) is 1. The molecule has 13 heteroatoms. The minimum atomic E-state index is -5.08. The lowest BCUT2D eigenvalue weighted by Crippen LogP contribution is -2.35. The molecule has 0 fully saturated rings. The van der Waals surface area contributed by atoms with Gasteiger partial charge in [-0.2, -0.15) is 18.3 Å². The second-order valence-electron chi connectivity index (χ2n) is 5.68. The normalized spacial score (nSPS) is 13.5. The lowest BCUT2D eigenvalue weighted by molar-refractivity contribution is -0.192. The molecule has 10 nitrogen and oxygen atoms in total. The van der Waals surface area contributed by atoms with Crippen LogP contribution in [0.4, 0.5) is 19.1 Å². The van der Waals surface area contributed by atoms with Crippen LogP contribution in [0.1, 0.15) is 11.5 Å². The molecule has 3 aromatic heterocycles. The van der Waals surface area contributed by atoms with E-state index in [0.29, 0.717) is 6.54 Å². The van der Waals surface area contributed by atoms with Crippen molar-refractivity contribution < 1.29 is 23.1 Å². The fourth-order valence-electron chi connectivity index (χ4n) is 2.56. The number of carboxylic acids is 1. The fraction of sp³-hybridized carbons (Fsp3) is 0.333. The van der Waals surface area contributed by atoms with E-state index in [4.69, 9.17) is 9.90 Å². The molecule has 0 saturated heterocycles. The number of carboxylic acid groups (broad SMARTS) is 1. The first-order valence-corrected chi connectivity index (χ1v) is 8.02. The fourth-order valence-corrected chi connectivity index (χ4v) is 2.56. The summed E-state index contributed by atoms with van der Waals surface area (Å²) in [7, 11) is 0. The molecule has 4 heterocycles. The van der Waals surface area contributed by atoms with Crippen molar-refractivity contribution in [3.05, 3.63) is 48.8 Å². The maximum absolute atomic E-state index is 10.6. The summed E-state index contributed by atoms with van der Waals surface area (Å²) >= 11 is 0. The van der Waals surface area contributed by atoms with E-state index in [1.54, 1.807) is 29.7 Å². The average Bonchev–Trinajstić information content (AvgIpc) is 3.32. The third-order valence-corrected chi connectivity index (χ3v) is 3.81. The predicted molar refractivity (Wildman–Crippen MR) is 88.1 cm³/mol. The third-order valence-electron chi connectivity index (χ3n) is 3.81. The molecule has 0 bridgehead atoms. The number of fused-ring (bicyclic) bond motifs is 1. The summed E-state index contributed by atoms with van der Waals surface area (Å²) in [5.41, 5.74) is 1.14. The number of aromatic nitrogens is 7. The zero-order valence-electron chi connectivity index (χ0n) is 14.4. The maximum Gasteiger partial charge on any atom is 0.490 e. The van der Waals surface area contributed by atoms with Crippen molar-refractivity contribution in [2.75, 3.05) is 11.4 Å². The largest absolute Gasteiger partial charge is 0.490 e. The van der Waals surface area contributed by atoms with Crippen molar-refractivity contribution in [1.82, 2.24) is 34.3 Å². The lowest BCUT2D eigenvalue weighted by atomic mass is 10.3. The van der Waals surface area contributed by atoms with E-state index in [1.807, 2.05) is 12.3 Å². The van der Waals surface area contributed by atoms with Crippen LogP contribution in [0.25, 0.3) is 0 Å². The predicted octanol–water partition coefficient (Wildman–Crippen LogP) is 0.966. The van der Waals surface area contributed by atoms with E-state index in [9.17, 15) is 13.2 Å². The minimum Gasteiger partial charge on any atom is -0.475 e. The Morgan fingerprint density at radius 2 is 1.89 bits per heavy atom. The van der Waals surface area contributed by atoms with E-state index in [-0.39, 0.29) is 0 Å². The van der Waals surface area contributed by atoms with Crippen LogP contribution < -0.4 is 4.90 Å². The van der Waals surface area contributed by atoms with E-state index in [0.717, 1.165) is 37.1 Å². The van der Waals surface area contributed by atoms with Crippen LogP contribution in [-0.4, -0.2) is 58.1 Å². The molecule has 0 aliphatic carbocycles. The average molecular weight is 396 g/mol. The Labute approximate surface area is 156 Å². The Balaban J connectivity index is 0.000000279. The number of halogens is 3. The lowest BCUT2D eigenvalue weighted by Gasteiger charge is -2.28. The number of aliphatic carboxylic acids is 1. The summed E-state index contributed by atoms with van der Waals surface area (Å²) in [5.74, 6) is -0.971. The molecule has 0 atom stereocenters. The Morgan fingerprint density at radius 3 is 2.50 bits per heavy atom. The SMILES string of the molecule is O=C(O)C(F)(F)F.c1cnc(N2CCn3c(Cn4cncn4)cnc3C2)nc1. The molecule has 0 aromatic carbocycles. The van der Waals surface area contributed by atoms with Gasteiger partial charge in [-0.1, -0.05) is 0 Å². The molecule has 28 heavy (non-hydrogen) atoms. The zero-order valence-corrected chi connectivity index (χ0v) is 14.4. The van der Waals surface area contributed by atoms with Gasteiger partial charge in [-0.25, -0.2) is 29.4 Å². The number of nitrogens with zero attached hydrogens (tertiary/aromatic N) is 8. The van der Waals surface area contributed by atoms with Crippen LogP contribution in [0.5, 0.6) is 0 Å². The molecule has 4 rings (SSSR count). The molecule has 1 N–H and O–H groups in total. The van der Waals surface area contributed by atoms with Gasteiger partial charge in [0.1, 0.15) is 18.5 Å². The Hall–Kier alpha value is -3.51. The Bertz CT molecular complexity index is 911. The molecule has 0 spiro atoms. The summed E-state index contributed by atoms with van der Waals surface area (Å²) in [6.07, 6.45) is 3.61. The van der Waals surface area contributed by atoms with Crippen molar-refractivity contribution in [3.8, 4) is 0 Å². The maximum atomic E-state index is 10.6. The van der Waals surface area contributed by atoms with E-state index in [2.05, 4.69) is 34.5 Å². The minimum absolute atomic E-state index is 0.689. The van der Waals surface area contributed by atoms with Crippen molar-refractivity contribution in [2.24, 2.45) is 0 Å². The highest BCUT2D eigenvalue weighted by molar-refractivity contribution is 5.73. The molecule has 3 aromatic rings. The summed E-state index contributed by atoms with van der Waals surface area (Å²) in [4.78, 5) is 28.1. The Kier molecular flexibility index (Phi) is 5.52. The molecule has 0 radical (unpaired) electrons. The van der Waals surface area contributed by atoms with Crippen LogP contribution in [0, 0.1) is 0 Å². The molecule has 148 valence electrons. The molecule has 1 aliphatic rings. The molecular formula is C15H15F3N8O2. The van der Waals surface area contributed by atoms with Gasteiger partial charge in [0.2, 0.25) is 5.95 Å². The van der Waals surface area contributed by atoms with Crippen LogP contribution in [0.3, 0.4) is 0 Å². The highest BCUT2D eigenvalue weighted by Gasteiger charge is 2.38. The van der Waals surface area contributed by atoms with Gasteiger partial charge in [-0.3, -0.25) is 0 Å². The summed E-state index contributed by atoms with van der Waals surface area (Å²) in [6.45, 7) is 3.16. The smallest absolute Gasteiger partial charge is 0.475 e. The standard InChI is InChI=1S/C13H14N8.C2HF3O2/c1-2-15-13(16-3-1)19-4-5-21-11(6-17-12(21)8-19)7-20-10-14-9-18-20;3-2(4,5)1(6)7/h1-3,6,9-10H,4-5,7-8H2;(H,6,7). The van der Waals surface area contributed by atoms with Crippen LogP contribution in [0.2, 0.25) is 0 Å². The number of alkyl halides is 3. The number of carbonyl (C=O) groups is 1. The second-order valence-corrected chi connectivity index (χ2v) is 5.68. The van der Waals surface area contributed by atoms with Gasteiger partial charge < -0.3 is 14.6 Å². The monoisotopic (exact) mass is 396 g/mol. The number of hydrogen-bond acceptors (Lipinski definition) is 7. The van der Waals surface area contributed by atoms with Gasteiger partial charge in [0.25, 0.3) is 0 Å². The second kappa shape index (κ2) is 8.02. The van der Waals surface area contributed by atoms with Crippen molar-refractivity contribution >= 4 is 11.9 Å². The number of rotatable bonds is 3. The first-order valence-electron chi connectivity index (χ1n) is 8.02. The summed E-state index contributed by atoms with van der Waals surface area (Å²) in [6, 6.07) is 1.82. The van der Waals surface area contributed by atoms with Crippen LogP contribution in [-0.2, 0) is 24.4 Å². The van der Waals surface area contributed by atoms with Gasteiger partial charge in [0, 0.05) is 25.5 Å². The van der Waals surface area contributed by atoms with E-state index in [1.165, 1.54) is 0 Å². The molecule has 0 unspecified atom stereocenters. The molecule has 0 amide bonds. The zero-order chi connectivity index (χ0) is 20.1. The molecule has 1 aliphatic heterocycles.